The lowest BCUT2D eigenvalue weighted by molar-refractivity contribution is -0.136. The summed E-state index contributed by atoms with van der Waals surface area (Å²) in [4.78, 5) is 10.3. The summed E-state index contributed by atoms with van der Waals surface area (Å²) in [6.07, 6.45) is 0.123. The second-order valence-electron chi connectivity index (χ2n) is 2.53. The Hall–Kier alpha value is 0.630. The molecule has 2 nitrogen and oxygen atoms in total. The minimum Gasteiger partial charge on any atom is -0.480 e. The summed E-state index contributed by atoms with van der Waals surface area (Å²) < 4.78 is -1.05. The highest BCUT2D eigenvalue weighted by Crippen LogP contribution is 2.30. The molecule has 0 aliphatic rings. The van der Waals surface area contributed by atoms with Crippen LogP contribution in [0.5, 0.6) is 0 Å². The lowest BCUT2D eigenvalue weighted by Gasteiger charge is -2.18. The second kappa shape index (κ2) is 4.75. The van der Waals surface area contributed by atoms with Crippen molar-refractivity contribution in [3.8, 4) is 0 Å². The van der Waals surface area contributed by atoms with E-state index in [1.807, 2.05) is 0 Å². The zero-order valence-corrected chi connectivity index (χ0v) is 9.25. The number of carbonyl (C=O) groups is 1. The summed E-state index contributed by atoms with van der Waals surface area (Å²) in [6.45, 7) is 1.52. The molecule has 0 aromatic heterocycles. The van der Waals surface area contributed by atoms with E-state index < -0.39 is 21.1 Å². The van der Waals surface area contributed by atoms with Crippen LogP contribution in [0, 0.1) is 0 Å². The van der Waals surface area contributed by atoms with E-state index in [1.54, 1.807) is 0 Å². The largest absolute Gasteiger partial charge is 0.480 e. The predicted molar refractivity (Wildman–Crippen MR) is 51.6 cm³/mol. The molecular weight excluding hydrogens is 246 g/mol. The number of halogens is 4. The summed E-state index contributed by atoms with van der Waals surface area (Å²) >= 11 is 22.3. The van der Waals surface area contributed by atoms with Gasteiger partial charge in [-0.1, -0.05) is 0 Å². The smallest absolute Gasteiger partial charge is 0.323 e. The summed E-state index contributed by atoms with van der Waals surface area (Å²) in [7, 11) is 0. The number of aliphatic carboxylic acids is 1. The minimum atomic E-state index is -1.17. The van der Waals surface area contributed by atoms with Gasteiger partial charge >= 0.3 is 5.97 Å². The number of hydrogen-bond acceptors (Lipinski definition) is 1. The number of alkyl halides is 4. The van der Waals surface area contributed by atoms with Gasteiger partial charge in [0.2, 0.25) is 0 Å². The van der Waals surface area contributed by atoms with Crippen LogP contribution >= 0.6 is 46.4 Å². The van der Waals surface area contributed by atoms with E-state index in [2.05, 4.69) is 0 Å². The van der Waals surface area contributed by atoms with Crippen LogP contribution in [0.4, 0.5) is 0 Å². The van der Waals surface area contributed by atoms with Crippen LogP contribution < -0.4 is 0 Å². The van der Waals surface area contributed by atoms with Crippen molar-refractivity contribution in [2.24, 2.45) is 0 Å². The Kier molecular flexibility index (Phi) is 5.00. The molecule has 0 spiro atoms. The zero-order chi connectivity index (χ0) is 9.94. The van der Waals surface area contributed by atoms with Crippen molar-refractivity contribution >= 4 is 52.4 Å². The van der Waals surface area contributed by atoms with Gasteiger partial charge in [0.1, 0.15) is 9.71 Å². The molecule has 0 aromatic rings. The Balaban J connectivity index is 4.04. The van der Waals surface area contributed by atoms with Gasteiger partial charge in [-0.05, 0) is 13.3 Å². The molecule has 0 aromatic carbocycles. The molecule has 72 valence electrons. The van der Waals surface area contributed by atoms with Crippen molar-refractivity contribution in [2.75, 3.05) is 0 Å². The molecule has 6 heteroatoms. The molecule has 0 saturated heterocycles. The Bertz CT molecular complexity index is 165. The lowest BCUT2D eigenvalue weighted by atomic mass is 10.2. The highest BCUT2D eigenvalue weighted by Gasteiger charge is 2.30. The van der Waals surface area contributed by atoms with Gasteiger partial charge < -0.3 is 5.11 Å². The first-order chi connectivity index (χ1) is 5.24. The van der Waals surface area contributed by atoms with Gasteiger partial charge in [-0.3, -0.25) is 4.79 Å². The van der Waals surface area contributed by atoms with Gasteiger partial charge in [-0.15, -0.1) is 46.4 Å². The van der Waals surface area contributed by atoms with Crippen molar-refractivity contribution in [2.45, 2.75) is 28.4 Å². The quantitative estimate of drug-likeness (QED) is 0.783. The van der Waals surface area contributed by atoms with Crippen LogP contribution in [0.1, 0.15) is 13.3 Å². The van der Waals surface area contributed by atoms with Gasteiger partial charge in [0, 0.05) is 0 Å². The maximum atomic E-state index is 10.3. The fourth-order valence-electron chi connectivity index (χ4n) is 0.601. The average molecular weight is 254 g/mol. The van der Waals surface area contributed by atoms with E-state index in [0.717, 1.165) is 0 Å². The molecule has 12 heavy (non-hydrogen) atoms. The Morgan fingerprint density at radius 2 is 1.92 bits per heavy atom. The molecule has 0 saturated carbocycles. The van der Waals surface area contributed by atoms with E-state index in [0.29, 0.717) is 0 Å². The van der Waals surface area contributed by atoms with E-state index >= 15 is 0 Å². The minimum absolute atomic E-state index is 0.123. The summed E-state index contributed by atoms with van der Waals surface area (Å²) in [6, 6.07) is 0. The topological polar surface area (TPSA) is 37.3 Å². The third-order valence-electron chi connectivity index (χ3n) is 1.11. The van der Waals surface area contributed by atoms with Crippen LogP contribution in [0.25, 0.3) is 0 Å². The maximum absolute atomic E-state index is 10.3. The summed E-state index contributed by atoms with van der Waals surface area (Å²) in [5, 5.41) is 6.51. The summed E-state index contributed by atoms with van der Waals surface area (Å²) in [5.41, 5.74) is 0. The molecule has 2 atom stereocenters. The third-order valence-corrected chi connectivity index (χ3v) is 2.44. The first kappa shape index (κ1) is 12.6. The maximum Gasteiger partial charge on any atom is 0.323 e. The van der Waals surface area contributed by atoms with E-state index in [-0.39, 0.29) is 6.42 Å². The van der Waals surface area contributed by atoms with Crippen LogP contribution in [0.15, 0.2) is 0 Å². The van der Waals surface area contributed by atoms with Gasteiger partial charge in [0.05, 0.1) is 5.38 Å². The van der Waals surface area contributed by atoms with Gasteiger partial charge in [-0.25, -0.2) is 0 Å². The molecule has 1 N–H and O–H groups in total. The van der Waals surface area contributed by atoms with Gasteiger partial charge in [-0.2, -0.15) is 0 Å². The molecule has 0 aliphatic heterocycles. The van der Waals surface area contributed by atoms with Crippen LogP contribution in [0.3, 0.4) is 0 Å². The van der Waals surface area contributed by atoms with E-state index in [4.69, 9.17) is 51.5 Å². The third kappa shape index (κ3) is 5.31. The molecule has 0 aliphatic carbocycles. The van der Waals surface area contributed by atoms with Crippen molar-refractivity contribution in [1.29, 1.82) is 0 Å². The van der Waals surface area contributed by atoms with Crippen molar-refractivity contribution in [3.63, 3.8) is 0 Å². The SMILES string of the molecule is CC(Cl)(Cl)CC(Cl)C(Cl)C(=O)O. The highest BCUT2D eigenvalue weighted by molar-refractivity contribution is 6.48. The molecule has 0 radical (unpaired) electrons. The second-order valence-corrected chi connectivity index (χ2v) is 5.42. The Morgan fingerprint density at radius 1 is 1.50 bits per heavy atom. The van der Waals surface area contributed by atoms with Crippen LogP contribution in [-0.4, -0.2) is 26.2 Å². The predicted octanol–water partition coefficient (Wildman–Crippen LogP) is 2.87. The summed E-state index contributed by atoms with van der Waals surface area (Å²) in [5.74, 6) is -1.17. The van der Waals surface area contributed by atoms with E-state index in [1.165, 1.54) is 6.92 Å². The Labute approximate surface area is 90.7 Å². The molecule has 2 unspecified atom stereocenters. The zero-order valence-electron chi connectivity index (χ0n) is 6.23. The monoisotopic (exact) mass is 252 g/mol. The molecule has 0 rings (SSSR count). The standard InChI is InChI=1S/C6H8Cl4O2/c1-6(9,10)2-3(7)4(8)5(11)12/h3-4H,2H2,1H3,(H,11,12). The van der Waals surface area contributed by atoms with Gasteiger partial charge in [0.15, 0.2) is 0 Å². The molecule has 0 fully saturated rings. The van der Waals surface area contributed by atoms with Gasteiger partial charge in [0.25, 0.3) is 0 Å². The lowest BCUT2D eigenvalue weighted by Crippen LogP contribution is -2.28. The fourth-order valence-corrected chi connectivity index (χ4v) is 1.60. The molecule has 0 bridgehead atoms. The van der Waals surface area contributed by atoms with Crippen molar-refractivity contribution in [3.05, 3.63) is 0 Å². The molecule has 0 amide bonds. The first-order valence-corrected chi connectivity index (χ1v) is 4.75. The van der Waals surface area contributed by atoms with Crippen LogP contribution in [0.2, 0.25) is 0 Å². The highest BCUT2D eigenvalue weighted by atomic mass is 35.5. The number of carboxylic acids is 1. The average Bonchev–Trinajstić information content (AvgIpc) is 1.82. The Morgan fingerprint density at radius 3 is 2.17 bits per heavy atom. The first-order valence-electron chi connectivity index (χ1n) is 3.13. The van der Waals surface area contributed by atoms with Crippen molar-refractivity contribution < 1.29 is 9.90 Å². The molecule has 0 heterocycles. The van der Waals surface area contributed by atoms with Crippen LogP contribution in [-0.2, 0) is 4.79 Å². The normalized spacial score (nSPS) is 17.1. The van der Waals surface area contributed by atoms with Crippen molar-refractivity contribution in [1.82, 2.24) is 0 Å². The number of rotatable bonds is 4. The molecular formula is C6H8Cl4O2. The number of hydrogen-bond donors (Lipinski definition) is 1. The number of carboxylic acid groups (broad SMARTS) is 1. The van der Waals surface area contributed by atoms with E-state index in [9.17, 15) is 4.79 Å². The fraction of sp³-hybridized carbons (Fsp3) is 0.833.